The molecule has 0 unspecified atom stereocenters. The second-order valence-electron chi connectivity index (χ2n) is 2.79. The number of nitrogens with zero attached hydrogens (tertiary/aromatic N) is 1. The molecule has 0 aromatic heterocycles. The van der Waals surface area contributed by atoms with Gasteiger partial charge in [0.2, 0.25) is 0 Å². The van der Waals surface area contributed by atoms with Gasteiger partial charge in [-0.15, -0.1) is 0 Å². The normalized spacial score (nSPS) is 11.2. The van der Waals surface area contributed by atoms with E-state index in [-0.39, 0.29) is 0 Å². The molecule has 0 aliphatic rings. The summed E-state index contributed by atoms with van der Waals surface area (Å²) in [6.45, 7) is 0. The van der Waals surface area contributed by atoms with Gasteiger partial charge in [-0.05, 0) is 12.1 Å². The lowest BCUT2D eigenvalue weighted by atomic mass is 10.1. The molecule has 1 N–H and O–H groups in total. The Balaban J connectivity index is 3.24. The first-order valence-electron chi connectivity index (χ1n) is 3.82. The van der Waals surface area contributed by atoms with Gasteiger partial charge < -0.3 is 5.11 Å². The number of nitro groups is 1. The van der Waals surface area contributed by atoms with E-state index in [1.54, 1.807) is 0 Å². The fourth-order valence-electron chi connectivity index (χ4n) is 0.975. The lowest BCUT2D eigenvalue weighted by Crippen LogP contribution is -2.22. The maximum Gasteiger partial charge on any atom is 0.454 e. The molecule has 1 aromatic rings. The Hall–Kier alpha value is -2.12. The van der Waals surface area contributed by atoms with Crippen molar-refractivity contribution in [1.82, 2.24) is 0 Å². The number of phenols is 1. The maximum absolute atomic E-state index is 12.0. The quantitative estimate of drug-likeness (QED) is 0.483. The van der Waals surface area contributed by atoms with Crippen LogP contribution in [0.3, 0.4) is 0 Å². The van der Waals surface area contributed by atoms with Crippen LogP contribution in [0, 0.1) is 10.1 Å². The van der Waals surface area contributed by atoms with Crippen LogP contribution in [0.15, 0.2) is 18.2 Å². The number of carbonyl (C=O) groups is 1. The number of carbonyl (C=O) groups excluding carboxylic acids is 1. The highest BCUT2D eigenvalue weighted by Crippen LogP contribution is 2.29. The van der Waals surface area contributed by atoms with Crippen molar-refractivity contribution in [3.05, 3.63) is 33.9 Å². The number of phenolic OH excluding ortho intramolecular Hbond substituents is 1. The van der Waals surface area contributed by atoms with E-state index in [0.717, 1.165) is 0 Å². The monoisotopic (exact) mass is 235 g/mol. The smallest absolute Gasteiger partial charge is 0.454 e. The largest absolute Gasteiger partial charge is 0.502 e. The van der Waals surface area contributed by atoms with Crippen LogP contribution in [0.1, 0.15) is 10.4 Å². The highest BCUT2D eigenvalue weighted by molar-refractivity contribution is 6.00. The molecule has 0 fully saturated rings. The summed E-state index contributed by atoms with van der Waals surface area (Å²) in [6, 6.07) is 1.71. The molecule has 0 bridgehead atoms. The summed E-state index contributed by atoms with van der Waals surface area (Å²) in [6.07, 6.45) is -5.11. The summed E-state index contributed by atoms with van der Waals surface area (Å²) in [5, 5.41) is 19.3. The SMILES string of the molecule is O=C(c1ccc(O)c([N+](=O)[O-])c1)C(F)(F)F. The molecular weight excluding hydrogens is 231 g/mol. The summed E-state index contributed by atoms with van der Waals surface area (Å²) < 4.78 is 36.0. The van der Waals surface area contributed by atoms with Gasteiger partial charge in [-0.2, -0.15) is 13.2 Å². The van der Waals surface area contributed by atoms with Crippen molar-refractivity contribution >= 4 is 11.5 Å². The van der Waals surface area contributed by atoms with Crippen molar-refractivity contribution in [1.29, 1.82) is 0 Å². The third-order valence-corrected chi connectivity index (χ3v) is 1.69. The van der Waals surface area contributed by atoms with Gasteiger partial charge in [0.05, 0.1) is 4.92 Å². The molecule has 1 rings (SSSR count). The van der Waals surface area contributed by atoms with E-state index >= 15 is 0 Å². The fourth-order valence-corrected chi connectivity index (χ4v) is 0.975. The molecule has 8 heteroatoms. The number of aromatic hydroxyl groups is 1. The zero-order valence-electron chi connectivity index (χ0n) is 7.49. The van der Waals surface area contributed by atoms with E-state index in [1.165, 1.54) is 0 Å². The standard InChI is InChI=1S/C8H4F3NO4/c9-8(10,11)7(14)4-1-2-6(13)5(3-4)12(15)16/h1-3,13H. The Kier molecular flexibility index (Phi) is 2.84. The fraction of sp³-hybridized carbons (Fsp3) is 0.125. The average Bonchev–Trinajstić information content (AvgIpc) is 2.15. The molecule has 0 saturated carbocycles. The minimum Gasteiger partial charge on any atom is -0.502 e. The van der Waals surface area contributed by atoms with Crippen LogP contribution in [0.2, 0.25) is 0 Å². The van der Waals surface area contributed by atoms with Gasteiger partial charge in [-0.3, -0.25) is 14.9 Å². The molecule has 0 aliphatic heterocycles. The van der Waals surface area contributed by atoms with Crippen molar-refractivity contribution in [2.45, 2.75) is 6.18 Å². The average molecular weight is 235 g/mol. The lowest BCUT2D eigenvalue weighted by Gasteiger charge is -2.05. The zero-order valence-corrected chi connectivity index (χ0v) is 7.49. The summed E-state index contributed by atoms with van der Waals surface area (Å²) >= 11 is 0. The van der Waals surface area contributed by atoms with Crippen LogP contribution in [0.5, 0.6) is 5.75 Å². The summed E-state index contributed by atoms with van der Waals surface area (Å²) in [4.78, 5) is 19.9. The molecule has 0 aliphatic carbocycles. The van der Waals surface area contributed by atoms with Crippen LogP contribution in [0.25, 0.3) is 0 Å². The number of halogens is 3. The Morgan fingerprint density at radius 2 is 1.94 bits per heavy atom. The second kappa shape index (κ2) is 3.80. The number of hydrogen-bond donors (Lipinski definition) is 1. The molecular formula is C8H4F3NO4. The first-order chi connectivity index (χ1) is 7.23. The predicted octanol–water partition coefficient (Wildman–Crippen LogP) is 2.05. The molecule has 1 aromatic carbocycles. The molecule has 5 nitrogen and oxygen atoms in total. The summed E-state index contributed by atoms with van der Waals surface area (Å²) in [5.41, 5.74) is -1.84. The molecule has 86 valence electrons. The van der Waals surface area contributed by atoms with Gasteiger partial charge in [0.25, 0.3) is 5.78 Å². The molecule has 0 atom stereocenters. The highest BCUT2D eigenvalue weighted by Gasteiger charge is 2.40. The molecule has 0 spiro atoms. The van der Waals surface area contributed by atoms with Crippen molar-refractivity contribution in [2.24, 2.45) is 0 Å². The van der Waals surface area contributed by atoms with Gasteiger partial charge in [-0.25, -0.2) is 0 Å². The van der Waals surface area contributed by atoms with E-state index in [9.17, 15) is 28.1 Å². The van der Waals surface area contributed by atoms with Crippen molar-refractivity contribution in [2.75, 3.05) is 0 Å². The highest BCUT2D eigenvalue weighted by atomic mass is 19.4. The molecule has 0 saturated heterocycles. The Morgan fingerprint density at radius 1 is 1.38 bits per heavy atom. The number of rotatable bonds is 2. The van der Waals surface area contributed by atoms with Gasteiger partial charge in [0.1, 0.15) is 0 Å². The van der Waals surface area contributed by atoms with E-state index in [1.807, 2.05) is 0 Å². The third-order valence-electron chi connectivity index (χ3n) is 1.69. The van der Waals surface area contributed by atoms with Crippen LogP contribution >= 0.6 is 0 Å². The van der Waals surface area contributed by atoms with Crippen molar-refractivity contribution in [3.8, 4) is 5.75 Å². The van der Waals surface area contributed by atoms with E-state index in [0.29, 0.717) is 18.2 Å². The molecule has 0 amide bonds. The van der Waals surface area contributed by atoms with Crippen LogP contribution in [-0.2, 0) is 0 Å². The molecule has 0 heterocycles. The first kappa shape index (κ1) is 12.0. The number of hydrogen-bond acceptors (Lipinski definition) is 4. The Bertz CT molecular complexity index is 455. The van der Waals surface area contributed by atoms with E-state index in [4.69, 9.17) is 5.11 Å². The first-order valence-corrected chi connectivity index (χ1v) is 3.82. The molecule has 16 heavy (non-hydrogen) atoms. The van der Waals surface area contributed by atoms with Gasteiger partial charge in [0, 0.05) is 11.6 Å². The number of ketones is 1. The van der Waals surface area contributed by atoms with E-state index in [2.05, 4.69) is 0 Å². The van der Waals surface area contributed by atoms with Crippen LogP contribution in [-0.4, -0.2) is 22.0 Å². The zero-order chi connectivity index (χ0) is 12.5. The maximum atomic E-state index is 12.0. The lowest BCUT2D eigenvalue weighted by molar-refractivity contribution is -0.385. The molecule has 0 radical (unpaired) electrons. The van der Waals surface area contributed by atoms with E-state index < -0.39 is 33.9 Å². The minimum atomic E-state index is -5.11. The number of Topliss-reactive ketones (excluding diaryl/α,β-unsaturated/α-hetero) is 1. The van der Waals surface area contributed by atoms with Gasteiger partial charge in [0.15, 0.2) is 5.75 Å². The van der Waals surface area contributed by atoms with Gasteiger partial charge >= 0.3 is 11.9 Å². The van der Waals surface area contributed by atoms with Crippen LogP contribution < -0.4 is 0 Å². The van der Waals surface area contributed by atoms with Crippen molar-refractivity contribution < 1.29 is 28.0 Å². The van der Waals surface area contributed by atoms with Crippen LogP contribution in [0.4, 0.5) is 18.9 Å². The topological polar surface area (TPSA) is 80.4 Å². The van der Waals surface area contributed by atoms with Crippen molar-refractivity contribution in [3.63, 3.8) is 0 Å². The third kappa shape index (κ3) is 2.27. The number of nitro benzene ring substituents is 1. The number of alkyl halides is 3. The summed E-state index contributed by atoms with van der Waals surface area (Å²) in [5.74, 6) is -3.00. The predicted molar refractivity (Wildman–Crippen MR) is 45.1 cm³/mol. The number of benzene rings is 1. The Morgan fingerprint density at radius 3 is 2.38 bits per heavy atom. The van der Waals surface area contributed by atoms with Gasteiger partial charge in [-0.1, -0.05) is 0 Å². The summed E-state index contributed by atoms with van der Waals surface area (Å²) in [7, 11) is 0. The minimum absolute atomic E-state index is 0.380. The second-order valence-corrected chi connectivity index (χ2v) is 2.79. The Labute approximate surface area is 86.3 Å².